The quantitative estimate of drug-likeness (QED) is 0.494. The van der Waals surface area contributed by atoms with Crippen molar-refractivity contribution in [2.24, 2.45) is 0 Å². The van der Waals surface area contributed by atoms with E-state index in [1.54, 1.807) is 13.0 Å². The van der Waals surface area contributed by atoms with Crippen molar-refractivity contribution < 1.29 is 17.9 Å². The molecule has 0 aliphatic carbocycles. The smallest absolute Gasteiger partial charge is 0.355 e. The molecule has 0 aromatic heterocycles. The Labute approximate surface area is 186 Å². The highest BCUT2D eigenvalue weighted by Crippen LogP contribution is 2.30. The number of ether oxygens (including phenoxy) is 1. The topological polar surface area (TPSA) is 75.7 Å². The molecule has 0 saturated heterocycles. The van der Waals surface area contributed by atoms with Crippen molar-refractivity contribution in [1.82, 2.24) is 9.03 Å². The molecule has 2 aromatic rings. The summed E-state index contributed by atoms with van der Waals surface area (Å²) < 4.78 is 33.3. The van der Waals surface area contributed by atoms with Crippen LogP contribution in [0.15, 0.2) is 66.4 Å². The first kappa shape index (κ1) is 24.6. The Bertz CT molecular complexity index is 1010. The monoisotopic (exact) mass is 444 g/mol. The Balaban J connectivity index is 2.60. The summed E-state index contributed by atoms with van der Waals surface area (Å²) in [5, 5.41) is 0. The fourth-order valence-corrected chi connectivity index (χ4v) is 3.60. The first-order chi connectivity index (χ1) is 14.5. The molecule has 7 heteroatoms. The van der Waals surface area contributed by atoms with Crippen LogP contribution in [0.3, 0.4) is 0 Å². The molecular formula is C24H32N2O4S. The third kappa shape index (κ3) is 6.67. The predicted octanol–water partition coefficient (Wildman–Crippen LogP) is 3.96. The molecule has 0 amide bonds. The van der Waals surface area contributed by atoms with E-state index in [1.807, 2.05) is 42.5 Å². The lowest BCUT2D eigenvalue weighted by Gasteiger charge is -2.22. The van der Waals surface area contributed by atoms with Crippen molar-refractivity contribution in [2.75, 3.05) is 20.7 Å². The van der Waals surface area contributed by atoms with Crippen molar-refractivity contribution in [3.63, 3.8) is 0 Å². The predicted molar refractivity (Wildman–Crippen MR) is 124 cm³/mol. The molecule has 0 saturated carbocycles. The van der Waals surface area contributed by atoms with Gasteiger partial charge in [0.15, 0.2) is 0 Å². The first-order valence-electron chi connectivity index (χ1n) is 10.2. The van der Waals surface area contributed by atoms with Gasteiger partial charge >= 0.3 is 16.2 Å². The number of nitrogens with zero attached hydrogens (tertiary/aromatic N) is 1. The molecule has 0 aliphatic heterocycles. The first-order valence-corrected chi connectivity index (χ1v) is 11.6. The summed E-state index contributed by atoms with van der Waals surface area (Å²) in [5.41, 5.74) is 2.94. The van der Waals surface area contributed by atoms with Gasteiger partial charge in [-0.3, -0.25) is 4.72 Å². The summed E-state index contributed by atoms with van der Waals surface area (Å²) >= 11 is 0. The Morgan fingerprint density at radius 2 is 1.58 bits per heavy atom. The maximum atomic E-state index is 12.6. The number of benzene rings is 2. The largest absolute Gasteiger partial charge is 0.461 e. The van der Waals surface area contributed by atoms with Gasteiger partial charge in [-0.2, -0.15) is 12.7 Å². The highest BCUT2D eigenvalue weighted by molar-refractivity contribution is 7.87. The standard InChI is InChI=1S/C24H32N2O4S/c1-7-30-23(27)22(25-31(28,29)26(5)6)17-21(18-11-9-8-10-12-18)19-13-15-20(16-14-19)24(2,3)4/h8-17,21,25H,7H2,1-6H3/b22-17-/t21-/m0/s1. The zero-order valence-electron chi connectivity index (χ0n) is 19.0. The lowest BCUT2D eigenvalue weighted by molar-refractivity contribution is -0.138. The molecule has 0 heterocycles. The second-order valence-corrected chi connectivity index (χ2v) is 10.3. The SMILES string of the molecule is CCOC(=O)/C(=C/[C@@H](c1ccccc1)c1ccc(C(C)(C)C)cc1)NS(=O)(=O)N(C)C. The summed E-state index contributed by atoms with van der Waals surface area (Å²) in [4.78, 5) is 12.6. The van der Waals surface area contributed by atoms with E-state index in [9.17, 15) is 13.2 Å². The van der Waals surface area contributed by atoms with E-state index in [1.165, 1.54) is 19.7 Å². The fourth-order valence-electron chi connectivity index (χ4n) is 2.99. The molecule has 2 rings (SSSR count). The lowest BCUT2D eigenvalue weighted by Crippen LogP contribution is -2.37. The van der Waals surface area contributed by atoms with Crippen LogP contribution in [-0.2, 0) is 25.2 Å². The van der Waals surface area contributed by atoms with Crippen molar-refractivity contribution in [3.8, 4) is 0 Å². The van der Waals surface area contributed by atoms with Gasteiger partial charge in [0.1, 0.15) is 5.70 Å². The van der Waals surface area contributed by atoms with E-state index in [0.29, 0.717) is 0 Å². The number of hydrogen-bond acceptors (Lipinski definition) is 4. The van der Waals surface area contributed by atoms with Crippen LogP contribution >= 0.6 is 0 Å². The number of carbonyl (C=O) groups is 1. The van der Waals surface area contributed by atoms with Crippen molar-refractivity contribution in [3.05, 3.63) is 83.1 Å². The normalized spacial score (nSPS) is 13.7. The van der Waals surface area contributed by atoms with Crippen LogP contribution < -0.4 is 4.72 Å². The Kier molecular flexibility index (Phi) is 8.03. The minimum absolute atomic E-state index is 0.00799. The van der Waals surface area contributed by atoms with E-state index in [0.717, 1.165) is 15.4 Å². The minimum atomic E-state index is -3.88. The van der Waals surface area contributed by atoms with E-state index in [2.05, 4.69) is 37.6 Å². The Morgan fingerprint density at radius 3 is 2.06 bits per heavy atom. The summed E-state index contributed by atoms with van der Waals surface area (Å²) in [5.74, 6) is -1.07. The highest BCUT2D eigenvalue weighted by Gasteiger charge is 2.23. The van der Waals surface area contributed by atoms with E-state index in [-0.39, 0.29) is 23.6 Å². The van der Waals surface area contributed by atoms with E-state index >= 15 is 0 Å². The fraction of sp³-hybridized carbons (Fsp3) is 0.375. The summed E-state index contributed by atoms with van der Waals surface area (Å²) in [7, 11) is -1.09. The summed E-state index contributed by atoms with van der Waals surface area (Å²) in [6.45, 7) is 8.24. The molecule has 0 fully saturated rings. The van der Waals surface area contributed by atoms with Gasteiger partial charge in [0.2, 0.25) is 0 Å². The Hall–Kier alpha value is -2.64. The molecule has 0 spiro atoms. The van der Waals surface area contributed by atoms with Crippen LogP contribution in [0.4, 0.5) is 0 Å². The van der Waals surface area contributed by atoms with Crippen molar-refractivity contribution in [1.29, 1.82) is 0 Å². The zero-order chi connectivity index (χ0) is 23.2. The molecule has 0 radical (unpaired) electrons. The second-order valence-electron chi connectivity index (χ2n) is 8.45. The van der Waals surface area contributed by atoms with Gasteiger partial charge < -0.3 is 4.74 Å². The molecule has 0 bridgehead atoms. The lowest BCUT2D eigenvalue weighted by atomic mass is 9.84. The molecule has 1 atom stereocenters. The number of esters is 1. The average Bonchev–Trinajstić information content (AvgIpc) is 2.71. The van der Waals surface area contributed by atoms with Gasteiger partial charge in [-0.25, -0.2) is 4.79 Å². The average molecular weight is 445 g/mol. The van der Waals surface area contributed by atoms with E-state index in [4.69, 9.17) is 4.74 Å². The zero-order valence-corrected chi connectivity index (χ0v) is 19.9. The van der Waals surface area contributed by atoms with Crippen LogP contribution in [0.1, 0.15) is 50.3 Å². The number of allylic oxidation sites excluding steroid dienone is 1. The number of hydrogen-bond donors (Lipinski definition) is 1. The molecule has 6 nitrogen and oxygen atoms in total. The third-order valence-corrected chi connectivity index (χ3v) is 6.28. The van der Waals surface area contributed by atoms with Gasteiger partial charge in [0, 0.05) is 20.0 Å². The van der Waals surface area contributed by atoms with Crippen LogP contribution in [0.25, 0.3) is 0 Å². The van der Waals surface area contributed by atoms with Crippen LogP contribution in [0, 0.1) is 0 Å². The molecule has 0 aliphatic rings. The number of rotatable bonds is 8. The Morgan fingerprint density at radius 1 is 1.03 bits per heavy atom. The van der Waals surface area contributed by atoms with Crippen LogP contribution in [0.2, 0.25) is 0 Å². The van der Waals surface area contributed by atoms with E-state index < -0.39 is 16.2 Å². The summed E-state index contributed by atoms with van der Waals surface area (Å²) in [6.07, 6.45) is 1.61. The maximum absolute atomic E-state index is 12.6. The van der Waals surface area contributed by atoms with Crippen LogP contribution in [-0.4, -0.2) is 39.4 Å². The molecule has 2 aromatic carbocycles. The molecule has 1 N–H and O–H groups in total. The maximum Gasteiger partial charge on any atom is 0.355 e. The molecular weight excluding hydrogens is 412 g/mol. The molecule has 31 heavy (non-hydrogen) atoms. The number of carbonyl (C=O) groups excluding carboxylic acids is 1. The van der Waals surface area contributed by atoms with Crippen LogP contribution in [0.5, 0.6) is 0 Å². The molecule has 168 valence electrons. The second kappa shape index (κ2) is 10.1. The highest BCUT2D eigenvalue weighted by atomic mass is 32.2. The van der Waals surface area contributed by atoms with Gasteiger partial charge in [0.05, 0.1) is 6.61 Å². The minimum Gasteiger partial charge on any atom is -0.461 e. The number of nitrogens with one attached hydrogen (secondary N) is 1. The van der Waals surface area contributed by atoms with Gasteiger partial charge in [-0.15, -0.1) is 0 Å². The third-order valence-electron chi connectivity index (χ3n) is 4.84. The van der Waals surface area contributed by atoms with Gasteiger partial charge in [-0.05, 0) is 35.1 Å². The van der Waals surface area contributed by atoms with Gasteiger partial charge in [0.25, 0.3) is 0 Å². The van der Waals surface area contributed by atoms with Crippen molar-refractivity contribution >= 4 is 16.2 Å². The van der Waals surface area contributed by atoms with Crippen molar-refractivity contribution in [2.45, 2.75) is 39.0 Å². The summed E-state index contributed by atoms with van der Waals surface area (Å²) in [6, 6.07) is 17.8. The molecule has 0 unspecified atom stereocenters. The van der Waals surface area contributed by atoms with Gasteiger partial charge in [-0.1, -0.05) is 75.4 Å².